The molecular weight excluding hydrogens is 316 g/mol. The van der Waals surface area contributed by atoms with E-state index in [1.54, 1.807) is 18.3 Å². The zero-order valence-corrected chi connectivity index (χ0v) is 12.1. The molecule has 0 unspecified atom stereocenters. The van der Waals surface area contributed by atoms with E-state index >= 15 is 0 Å². The zero-order chi connectivity index (χ0) is 13.0. The van der Waals surface area contributed by atoms with E-state index < -0.39 is 0 Å². The number of anilines is 1. The molecule has 0 aliphatic carbocycles. The van der Waals surface area contributed by atoms with Gasteiger partial charge in [-0.1, -0.05) is 33.6 Å². The van der Waals surface area contributed by atoms with Gasteiger partial charge in [0.2, 0.25) is 5.88 Å². The van der Waals surface area contributed by atoms with Gasteiger partial charge in [0.15, 0.2) is 0 Å². The molecule has 1 heterocycles. The van der Waals surface area contributed by atoms with E-state index in [1.165, 1.54) is 0 Å². The largest absolute Gasteiger partial charge is 0.473 e. The predicted octanol–water partition coefficient (Wildman–Crippen LogP) is 4.12. The van der Waals surface area contributed by atoms with E-state index in [4.69, 9.17) is 16.3 Å². The van der Waals surface area contributed by atoms with E-state index in [0.29, 0.717) is 17.5 Å². The van der Waals surface area contributed by atoms with Crippen LogP contribution in [0.3, 0.4) is 0 Å². The first-order valence-electron chi connectivity index (χ1n) is 5.40. The maximum absolute atomic E-state index is 5.87. The van der Waals surface area contributed by atoms with Crippen molar-refractivity contribution in [3.63, 3.8) is 0 Å². The number of hydrogen-bond acceptors (Lipinski definition) is 3. The Balaban J connectivity index is 2.15. The minimum atomic E-state index is 0.422. The Morgan fingerprint density at radius 3 is 2.94 bits per heavy atom. The minimum absolute atomic E-state index is 0.422. The number of pyridine rings is 1. The molecule has 0 fully saturated rings. The van der Waals surface area contributed by atoms with Gasteiger partial charge in [-0.15, -0.1) is 0 Å². The summed E-state index contributed by atoms with van der Waals surface area (Å²) in [5.74, 6) is 0.514. The first-order chi connectivity index (χ1) is 8.70. The van der Waals surface area contributed by atoms with Gasteiger partial charge in [0.05, 0.1) is 0 Å². The molecule has 0 atom stereocenters. The molecule has 1 N–H and O–H groups in total. The molecule has 18 heavy (non-hydrogen) atoms. The molecule has 0 saturated carbocycles. The number of nitrogens with zero attached hydrogens (tertiary/aromatic N) is 1. The Morgan fingerprint density at radius 1 is 1.39 bits per heavy atom. The zero-order valence-electron chi connectivity index (χ0n) is 9.78. The van der Waals surface area contributed by atoms with Crippen LogP contribution >= 0.6 is 27.5 Å². The van der Waals surface area contributed by atoms with Gasteiger partial charge >= 0.3 is 0 Å². The number of aromatic nitrogens is 1. The summed E-state index contributed by atoms with van der Waals surface area (Å²) < 4.78 is 6.63. The first-order valence-corrected chi connectivity index (χ1v) is 6.57. The smallest absolute Gasteiger partial charge is 0.215 e. The molecule has 0 spiro atoms. The van der Waals surface area contributed by atoms with Crippen LogP contribution in [0.2, 0.25) is 5.02 Å². The third kappa shape index (κ3) is 3.15. The third-order valence-corrected chi connectivity index (χ3v) is 3.43. The number of benzene rings is 1. The van der Waals surface area contributed by atoms with Crippen molar-refractivity contribution in [3.05, 3.63) is 51.6 Å². The molecule has 0 aliphatic rings. The Bertz CT molecular complexity index is 548. The van der Waals surface area contributed by atoms with Gasteiger partial charge in [-0.2, -0.15) is 0 Å². The van der Waals surface area contributed by atoms with Crippen LogP contribution in [0.1, 0.15) is 5.56 Å². The quantitative estimate of drug-likeness (QED) is 0.917. The average molecular weight is 328 g/mol. The summed E-state index contributed by atoms with van der Waals surface area (Å²) in [6.07, 6.45) is 1.62. The lowest BCUT2D eigenvalue weighted by molar-refractivity contribution is 0.294. The lowest BCUT2D eigenvalue weighted by Gasteiger charge is -2.12. The number of nitrogens with one attached hydrogen (secondary N) is 1. The van der Waals surface area contributed by atoms with Crippen LogP contribution in [0.4, 0.5) is 5.69 Å². The fourth-order valence-electron chi connectivity index (χ4n) is 1.55. The Morgan fingerprint density at radius 2 is 2.22 bits per heavy atom. The molecule has 1 aromatic carbocycles. The SMILES string of the molecule is CNc1cccc(Br)c1COc1cc(Cl)ccn1. The second-order valence-electron chi connectivity index (χ2n) is 3.62. The van der Waals surface area contributed by atoms with Gasteiger partial charge in [-0.05, 0) is 18.2 Å². The Labute approximate surface area is 119 Å². The van der Waals surface area contributed by atoms with Crippen molar-refractivity contribution >= 4 is 33.2 Å². The standard InChI is InChI=1S/C13H12BrClN2O/c1-16-12-4-2-3-11(14)10(12)8-18-13-7-9(15)5-6-17-13/h2-7,16H,8H2,1H3. The number of halogens is 2. The fraction of sp³-hybridized carbons (Fsp3) is 0.154. The molecule has 1 aromatic heterocycles. The van der Waals surface area contributed by atoms with E-state index in [9.17, 15) is 0 Å². The summed E-state index contributed by atoms with van der Waals surface area (Å²) >= 11 is 9.38. The molecule has 3 nitrogen and oxygen atoms in total. The molecule has 0 bridgehead atoms. The van der Waals surface area contributed by atoms with Crippen LogP contribution in [-0.2, 0) is 6.61 Å². The molecule has 0 radical (unpaired) electrons. The lowest BCUT2D eigenvalue weighted by atomic mass is 10.2. The molecule has 0 amide bonds. The normalized spacial score (nSPS) is 10.2. The van der Waals surface area contributed by atoms with Crippen LogP contribution in [0, 0.1) is 0 Å². The maximum Gasteiger partial charge on any atom is 0.215 e. The first kappa shape index (κ1) is 13.2. The van der Waals surface area contributed by atoms with Gasteiger partial charge in [-0.3, -0.25) is 0 Å². The predicted molar refractivity (Wildman–Crippen MR) is 77.3 cm³/mol. The van der Waals surface area contributed by atoms with Crippen molar-refractivity contribution < 1.29 is 4.74 Å². The molecule has 0 saturated heterocycles. The number of ether oxygens (including phenoxy) is 1. The van der Waals surface area contributed by atoms with E-state index in [1.807, 2.05) is 25.2 Å². The highest BCUT2D eigenvalue weighted by atomic mass is 79.9. The Hall–Kier alpha value is -1.26. The second-order valence-corrected chi connectivity index (χ2v) is 4.91. The second kappa shape index (κ2) is 6.07. The van der Waals surface area contributed by atoms with Crippen LogP contribution in [-0.4, -0.2) is 12.0 Å². The fourth-order valence-corrected chi connectivity index (χ4v) is 2.18. The summed E-state index contributed by atoms with van der Waals surface area (Å²) in [6, 6.07) is 9.35. The highest BCUT2D eigenvalue weighted by Crippen LogP contribution is 2.26. The van der Waals surface area contributed by atoms with E-state index in [0.717, 1.165) is 15.7 Å². The third-order valence-electron chi connectivity index (χ3n) is 2.45. The molecular formula is C13H12BrClN2O. The van der Waals surface area contributed by atoms with Gasteiger partial charge < -0.3 is 10.1 Å². The molecule has 5 heteroatoms. The number of hydrogen-bond donors (Lipinski definition) is 1. The Kier molecular flexibility index (Phi) is 4.44. The van der Waals surface area contributed by atoms with Crippen LogP contribution in [0.15, 0.2) is 41.0 Å². The molecule has 2 aromatic rings. The monoisotopic (exact) mass is 326 g/mol. The minimum Gasteiger partial charge on any atom is -0.473 e. The molecule has 0 aliphatic heterocycles. The van der Waals surface area contributed by atoms with Crippen molar-refractivity contribution in [2.75, 3.05) is 12.4 Å². The summed E-state index contributed by atoms with van der Waals surface area (Å²) in [5, 5.41) is 3.74. The van der Waals surface area contributed by atoms with Gasteiger partial charge in [0.1, 0.15) is 6.61 Å². The van der Waals surface area contributed by atoms with E-state index in [-0.39, 0.29) is 0 Å². The van der Waals surface area contributed by atoms with E-state index in [2.05, 4.69) is 26.2 Å². The highest BCUT2D eigenvalue weighted by Gasteiger charge is 2.07. The summed E-state index contributed by atoms with van der Waals surface area (Å²) in [6.45, 7) is 0.422. The van der Waals surface area contributed by atoms with Crippen molar-refractivity contribution in [1.29, 1.82) is 0 Å². The highest BCUT2D eigenvalue weighted by molar-refractivity contribution is 9.10. The topological polar surface area (TPSA) is 34.1 Å². The van der Waals surface area contributed by atoms with Gasteiger partial charge in [0, 0.05) is 40.1 Å². The number of rotatable bonds is 4. The van der Waals surface area contributed by atoms with Crippen molar-refractivity contribution in [2.24, 2.45) is 0 Å². The molecule has 94 valence electrons. The maximum atomic E-state index is 5.87. The summed E-state index contributed by atoms with van der Waals surface area (Å²) in [5.41, 5.74) is 2.06. The van der Waals surface area contributed by atoms with Crippen molar-refractivity contribution in [2.45, 2.75) is 6.61 Å². The summed E-state index contributed by atoms with van der Waals surface area (Å²) in [7, 11) is 1.88. The average Bonchev–Trinajstić information content (AvgIpc) is 2.37. The van der Waals surface area contributed by atoms with Crippen LogP contribution in [0.25, 0.3) is 0 Å². The van der Waals surface area contributed by atoms with Crippen LogP contribution in [0.5, 0.6) is 5.88 Å². The van der Waals surface area contributed by atoms with Crippen molar-refractivity contribution in [3.8, 4) is 5.88 Å². The summed E-state index contributed by atoms with van der Waals surface area (Å²) in [4.78, 5) is 4.10. The lowest BCUT2D eigenvalue weighted by Crippen LogP contribution is -2.02. The van der Waals surface area contributed by atoms with Crippen molar-refractivity contribution in [1.82, 2.24) is 4.98 Å². The van der Waals surface area contributed by atoms with Gasteiger partial charge in [0.25, 0.3) is 0 Å². The molecule has 2 rings (SSSR count). The van der Waals surface area contributed by atoms with Crippen LogP contribution < -0.4 is 10.1 Å². The van der Waals surface area contributed by atoms with Gasteiger partial charge in [-0.25, -0.2) is 4.98 Å².